The summed E-state index contributed by atoms with van der Waals surface area (Å²) in [5.41, 5.74) is 0. The van der Waals surface area contributed by atoms with E-state index in [0.29, 0.717) is 13.2 Å². The molecule has 0 aromatic heterocycles. The second kappa shape index (κ2) is 5.77. The first-order valence-electron chi connectivity index (χ1n) is 4.69. The Morgan fingerprint density at radius 3 is 2.38 bits per heavy atom. The summed E-state index contributed by atoms with van der Waals surface area (Å²) in [6, 6.07) is 6.56. The number of nitrogens with zero attached hydrogens (tertiary/aromatic N) is 1. The summed E-state index contributed by atoms with van der Waals surface area (Å²) in [4.78, 5) is 0.286. The van der Waals surface area contributed by atoms with Gasteiger partial charge in [-0.3, -0.25) is 0 Å². The Balaban J connectivity index is 2.89. The number of ether oxygens (including phenoxy) is 1. The zero-order valence-corrected chi connectivity index (χ0v) is 11.6. The lowest BCUT2D eigenvalue weighted by Crippen LogP contribution is -2.30. The lowest BCUT2D eigenvalue weighted by atomic mass is 10.4. The Morgan fingerprint density at radius 1 is 1.31 bits per heavy atom. The van der Waals surface area contributed by atoms with E-state index in [4.69, 9.17) is 4.74 Å². The Kier molecular flexibility index (Phi) is 4.91. The van der Waals surface area contributed by atoms with Crippen molar-refractivity contribution in [3.05, 3.63) is 28.7 Å². The van der Waals surface area contributed by atoms with Crippen LogP contribution in [-0.4, -0.2) is 40.0 Å². The maximum atomic E-state index is 12.0. The Labute approximate surface area is 104 Å². The molecule has 0 radical (unpaired) electrons. The standard InChI is InChI=1S/C10H14BrNO3S/c1-12(7-8-15-2)16(13,14)10-5-3-9(11)4-6-10/h3-6H,7-8H2,1-2H3. The maximum Gasteiger partial charge on any atom is 0.242 e. The summed E-state index contributed by atoms with van der Waals surface area (Å²) in [5, 5.41) is 0. The average molecular weight is 308 g/mol. The minimum Gasteiger partial charge on any atom is -0.383 e. The molecule has 1 rings (SSSR count). The Morgan fingerprint density at radius 2 is 1.88 bits per heavy atom. The fourth-order valence-electron chi connectivity index (χ4n) is 1.13. The monoisotopic (exact) mass is 307 g/mol. The number of hydrogen-bond donors (Lipinski definition) is 0. The number of hydrogen-bond acceptors (Lipinski definition) is 3. The highest BCUT2D eigenvalue weighted by molar-refractivity contribution is 9.10. The number of rotatable bonds is 5. The van der Waals surface area contributed by atoms with E-state index in [1.54, 1.807) is 31.4 Å². The molecule has 0 atom stereocenters. The van der Waals surface area contributed by atoms with Crippen LogP contribution in [0, 0.1) is 0 Å². The second-order valence-corrected chi connectivity index (χ2v) is 6.23. The summed E-state index contributed by atoms with van der Waals surface area (Å²) in [5.74, 6) is 0. The molecule has 0 bridgehead atoms. The van der Waals surface area contributed by atoms with Crippen molar-refractivity contribution in [3.8, 4) is 0 Å². The van der Waals surface area contributed by atoms with Gasteiger partial charge in [0.15, 0.2) is 0 Å². The van der Waals surface area contributed by atoms with Crippen molar-refractivity contribution in [1.29, 1.82) is 0 Å². The molecular weight excluding hydrogens is 294 g/mol. The molecule has 6 heteroatoms. The molecule has 0 aliphatic carbocycles. The van der Waals surface area contributed by atoms with Crippen LogP contribution in [0.5, 0.6) is 0 Å². The van der Waals surface area contributed by atoms with Crippen LogP contribution in [-0.2, 0) is 14.8 Å². The normalized spacial score (nSPS) is 12.0. The van der Waals surface area contributed by atoms with E-state index in [0.717, 1.165) is 4.47 Å². The zero-order valence-electron chi connectivity index (χ0n) is 9.18. The smallest absolute Gasteiger partial charge is 0.242 e. The van der Waals surface area contributed by atoms with Gasteiger partial charge in [-0.1, -0.05) is 15.9 Å². The largest absolute Gasteiger partial charge is 0.383 e. The van der Waals surface area contributed by atoms with Crippen LogP contribution in [0.1, 0.15) is 0 Å². The van der Waals surface area contributed by atoms with E-state index in [9.17, 15) is 8.42 Å². The minimum atomic E-state index is -3.40. The fraction of sp³-hybridized carbons (Fsp3) is 0.400. The van der Waals surface area contributed by atoms with Gasteiger partial charge >= 0.3 is 0 Å². The number of sulfonamides is 1. The number of benzene rings is 1. The molecule has 0 heterocycles. The number of methoxy groups -OCH3 is 1. The molecule has 4 nitrogen and oxygen atoms in total. The number of halogens is 1. The van der Waals surface area contributed by atoms with Gasteiger partial charge in [0.05, 0.1) is 11.5 Å². The van der Waals surface area contributed by atoms with Gasteiger partial charge in [0, 0.05) is 25.2 Å². The molecule has 90 valence electrons. The van der Waals surface area contributed by atoms with Gasteiger partial charge in [-0.2, -0.15) is 4.31 Å². The third-order valence-corrected chi connectivity index (χ3v) is 4.53. The minimum absolute atomic E-state index is 0.286. The second-order valence-electron chi connectivity index (χ2n) is 3.27. The van der Waals surface area contributed by atoms with Gasteiger partial charge in [-0.15, -0.1) is 0 Å². The highest BCUT2D eigenvalue weighted by atomic mass is 79.9. The molecule has 0 amide bonds. The van der Waals surface area contributed by atoms with E-state index >= 15 is 0 Å². The first kappa shape index (κ1) is 13.6. The first-order valence-corrected chi connectivity index (χ1v) is 6.92. The molecule has 1 aromatic carbocycles. The van der Waals surface area contributed by atoms with Crippen LogP contribution in [0.25, 0.3) is 0 Å². The van der Waals surface area contributed by atoms with E-state index in [-0.39, 0.29) is 4.90 Å². The van der Waals surface area contributed by atoms with Gasteiger partial charge in [0.2, 0.25) is 10.0 Å². The van der Waals surface area contributed by atoms with Crippen molar-refractivity contribution in [2.45, 2.75) is 4.90 Å². The van der Waals surface area contributed by atoms with E-state index in [1.807, 2.05) is 0 Å². The molecule has 0 N–H and O–H groups in total. The van der Waals surface area contributed by atoms with Crippen molar-refractivity contribution < 1.29 is 13.2 Å². The molecule has 0 fully saturated rings. The number of likely N-dealkylation sites (N-methyl/N-ethyl adjacent to an activating group) is 1. The topological polar surface area (TPSA) is 46.6 Å². The summed E-state index contributed by atoms with van der Waals surface area (Å²) in [6.45, 7) is 0.723. The van der Waals surface area contributed by atoms with Gasteiger partial charge in [-0.05, 0) is 24.3 Å². The quantitative estimate of drug-likeness (QED) is 0.832. The molecule has 0 saturated heterocycles. The first-order chi connectivity index (χ1) is 7.48. The van der Waals surface area contributed by atoms with Crippen molar-refractivity contribution >= 4 is 26.0 Å². The van der Waals surface area contributed by atoms with Crippen molar-refractivity contribution in [3.63, 3.8) is 0 Å². The molecule has 0 aliphatic heterocycles. The average Bonchev–Trinajstić information content (AvgIpc) is 2.26. The summed E-state index contributed by atoms with van der Waals surface area (Å²) in [7, 11) is -0.316. The van der Waals surface area contributed by atoms with Crippen LogP contribution in [0.3, 0.4) is 0 Å². The molecule has 0 aliphatic rings. The van der Waals surface area contributed by atoms with Crippen molar-refractivity contribution in [2.24, 2.45) is 0 Å². The molecule has 0 unspecified atom stereocenters. The van der Waals surface area contributed by atoms with Crippen LogP contribution in [0.2, 0.25) is 0 Å². The highest BCUT2D eigenvalue weighted by Gasteiger charge is 2.19. The Hall–Kier alpha value is -0.430. The van der Waals surface area contributed by atoms with Gasteiger partial charge in [0.25, 0.3) is 0 Å². The molecule has 0 spiro atoms. The van der Waals surface area contributed by atoms with Crippen molar-refractivity contribution in [2.75, 3.05) is 27.3 Å². The molecular formula is C10H14BrNO3S. The predicted octanol–water partition coefficient (Wildman–Crippen LogP) is 1.72. The van der Waals surface area contributed by atoms with E-state index < -0.39 is 10.0 Å². The van der Waals surface area contributed by atoms with E-state index in [2.05, 4.69) is 15.9 Å². The van der Waals surface area contributed by atoms with Crippen LogP contribution < -0.4 is 0 Å². The Bertz CT molecular complexity index is 430. The van der Waals surface area contributed by atoms with Gasteiger partial charge < -0.3 is 4.74 Å². The van der Waals surface area contributed by atoms with Gasteiger partial charge in [-0.25, -0.2) is 8.42 Å². The summed E-state index contributed by atoms with van der Waals surface area (Å²) < 4.78 is 31.0. The van der Waals surface area contributed by atoms with E-state index in [1.165, 1.54) is 11.4 Å². The van der Waals surface area contributed by atoms with Gasteiger partial charge in [0.1, 0.15) is 0 Å². The summed E-state index contributed by atoms with van der Waals surface area (Å²) in [6.07, 6.45) is 0. The lowest BCUT2D eigenvalue weighted by Gasteiger charge is -2.16. The van der Waals surface area contributed by atoms with Crippen LogP contribution >= 0.6 is 15.9 Å². The highest BCUT2D eigenvalue weighted by Crippen LogP contribution is 2.17. The molecule has 0 saturated carbocycles. The third-order valence-electron chi connectivity index (χ3n) is 2.13. The molecule has 16 heavy (non-hydrogen) atoms. The fourth-order valence-corrected chi connectivity index (χ4v) is 2.55. The van der Waals surface area contributed by atoms with Crippen molar-refractivity contribution in [1.82, 2.24) is 4.31 Å². The zero-order chi connectivity index (χ0) is 12.2. The van der Waals surface area contributed by atoms with Crippen LogP contribution in [0.4, 0.5) is 0 Å². The van der Waals surface area contributed by atoms with Crippen LogP contribution in [0.15, 0.2) is 33.6 Å². The maximum absolute atomic E-state index is 12.0. The molecule has 1 aromatic rings. The SMILES string of the molecule is COCCN(C)S(=O)(=O)c1ccc(Br)cc1. The lowest BCUT2D eigenvalue weighted by molar-refractivity contribution is 0.185. The predicted molar refractivity (Wildman–Crippen MR) is 65.8 cm³/mol. The third kappa shape index (κ3) is 3.28. The summed E-state index contributed by atoms with van der Waals surface area (Å²) >= 11 is 3.26.